The lowest BCUT2D eigenvalue weighted by molar-refractivity contribution is 0.623. The zero-order valence-corrected chi connectivity index (χ0v) is 8.28. The molecule has 1 N–H and O–H groups in total. The quantitative estimate of drug-likeness (QED) is 0.643. The summed E-state index contributed by atoms with van der Waals surface area (Å²) in [5.74, 6) is 0.724. The molecule has 11 heavy (non-hydrogen) atoms. The molecule has 0 rings (SSSR count). The molecule has 0 fully saturated rings. The normalized spacial score (nSPS) is 14.7. The summed E-state index contributed by atoms with van der Waals surface area (Å²) in [6, 6.07) is 0. The topological polar surface area (TPSA) is 12.0 Å². The van der Waals surface area contributed by atoms with Crippen LogP contribution in [0, 0.1) is 5.92 Å². The Bertz CT molecular complexity index is 110. The first-order valence-corrected chi connectivity index (χ1v) is 4.63. The van der Waals surface area contributed by atoms with Crippen LogP contribution in [-0.4, -0.2) is 7.05 Å². The summed E-state index contributed by atoms with van der Waals surface area (Å²) in [6.45, 7) is 6.69. The monoisotopic (exact) mass is 155 g/mol. The fourth-order valence-electron chi connectivity index (χ4n) is 1.26. The van der Waals surface area contributed by atoms with Crippen LogP contribution in [0.1, 0.15) is 40.0 Å². The standard InChI is InChI=1S/C10H21N/c1-5-7-9(3)8-10(6-2)11-4/h8-9,11H,5-7H2,1-4H3/b10-8-. The maximum atomic E-state index is 3.20. The molecule has 0 aliphatic rings. The Balaban J connectivity index is 3.81. The van der Waals surface area contributed by atoms with E-state index in [1.165, 1.54) is 18.5 Å². The molecule has 1 atom stereocenters. The van der Waals surface area contributed by atoms with Crippen molar-refractivity contribution in [2.45, 2.75) is 40.0 Å². The van der Waals surface area contributed by atoms with Crippen molar-refractivity contribution in [3.63, 3.8) is 0 Å². The Kier molecular flexibility index (Phi) is 6.00. The van der Waals surface area contributed by atoms with E-state index >= 15 is 0 Å². The Hall–Kier alpha value is -0.460. The van der Waals surface area contributed by atoms with E-state index in [2.05, 4.69) is 32.2 Å². The number of allylic oxidation sites excluding steroid dienone is 2. The van der Waals surface area contributed by atoms with Gasteiger partial charge in [0, 0.05) is 12.7 Å². The van der Waals surface area contributed by atoms with Crippen LogP contribution in [0.2, 0.25) is 0 Å². The van der Waals surface area contributed by atoms with Crippen LogP contribution in [0.25, 0.3) is 0 Å². The van der Waals surface area contributed by atoms with Gasteiger partial charge in [0.25, 0.3) is 0 Å². The predicted molar refractivity (Wildman–Crippen MR) is 51.5 cm³/mol. The average Bonchev–Trinajstić information content (AvgIpc) is 2.01. The van der Waals surface area contributed by atoms with Gasteiger partial charge in [0.2, 0.25) is 0 Å². The molecule has 0 heterocycles. The highest BCUT2D eigenvalue weighted by atomic mass is 14.8. The number of rotatable bonds is 5. The van der Waals surface area contributed by atoms with Crippen molar-refractivity contribution in [3.8, 4) is 0 Å². The van der Waals surface area contributed by atoms with Crippen molar-refractivity contribution in [3.05, 3.63) is 11.8 Å². The summed E-state index contributed by atoms with van der Waals surface area (Å²) in [6.07, 6.45) is 6.03. The summed E-state index contributed by atoms with van der Waals surface area (Å²) in [5, 5.41) is 3.20. The molecule has 0 saturated carbocycles. The minimum Gasteiger partial charge on any atom is -0.392 e. The molecular weight excluding hydrogens is 134 g/mol. The molecule has 0 spiro atoms. The fraction of sp³-hybridized carbons (Fsp3) is 0.800. The molecule has 1 heteroatoms. The van der Waals surface area contributed by atoms with Crippen molar-refractivity contribution in [1.82, 2.24) is 5.32 Å². The van der Waals surface area contributed by atoms with Gasteiger partial charge in [-0.3, -0.25) is 0 Å². The number of hydrogen-bond donors (Lipinski definition) is 1. The van der Waals surface area contributed by atoms with E-state index in [1.54, 1.807) is 0 Å². The molecule has 1 nitrogen and oxygen atoms in total. The molecule has 1 unspecified atom stereocenters. The molecule has 0 aliphatic heterocycles. The van der Waals surface area contributed by atoms with Gasteiger partial charge in [0.1, 0.15) is 0 Å². The summed E-state index contributed by atoms with van der Waals surface area (Å²) in [7, 11) is 1.99. The lowest BCUT2D eigenvalue weighted by atomic mass is 10.0. The van der Waals surface area contributed by atoms with Gasteiger partial charge in [-0.15, -0.1) is 0 Å². The first-order valence-electron chi connectivity index (χ1n) is 4.63. The summed E-state index contributed by atoms with van der Waals surface area (Å²) < 4.78 is 0. The lowest BCUT2D eigenvalue weighted by Crippen LogP contribution is -2.06. The van der Waals surface area contributed by atoms with Crippen LogP contribution >= 0.6 is 0 Å². The average molecular weight is 155 g/mol. The van der Waals surface area contributed by atoms with Gasteiger partial charge in [-0.25, -0.2) is 0 Å². The van der Waals surface area contributed by atoms with Gasteiger partial charge in [-0.05, 0) is 18.8 Å². The van der Waals surface area contributed by atoms with E-state index < -0.39 is 0 Å². The molecule has 0 aromatic heterocycles. The molecule has 0 saturated heterocycles. The second-order valence-corrected chi connectivity index (χ2v) is 3.06. The van der Waals surface area contributed by atoms with Crippen molar-refractivity contribution in [1.29, 1.82) is 0 Å². The van der Waals surface area contributed by atoms with E-state index in [9.17, 15) is 0 Å². The maximum Gasteiger partial charge on any atom is 0.00634 e. The second-order valence-electron chi connectivity index (χ2n) is 3.06. The number of nitrogens with one attached hydrogen (secondary N) is 1. The van der Waals surface area contributed by atoms with Gasteiger partial charge in [-0.2, -0.15) is 0 Å². The van der Waals surface area contributed by atoms with E-state index in [1.807, 2.05) is 7.05 Å². The lowest BCUT2D eigenvalue weighted by Gasteiger charge is -2.08. The molecule has 66 valence electrons. The Morgan fingerprint density at radius 3 is 2.45 bits per heavy atom. The zero-order chi connectivity index (χ0) is 8.69. The van der Waals surface area contributed by atoms with Crippen molar-refractivity contribution in [2.75, 3.05) is 7.05 Å². The highest BCUT2D eigenvalue weighted by Crippen LogP contribution is 2.09. The van der Waals surface area contributed by atoms with Gasteiger partial charge in [-0.1, -0.05) is 33.3 Å². The Labute approximate surface area is 70.9 Å². The van der Waals surface area contributed by atoms with Crippen molar-refractivity contribution >= 4 is 0 Å². The molecule has 0 bridgehead atoms. The molecular formula is C10H21N. The minimum absolute atomic E-state index is 0.724. The van der Waals surface area contributed by atoms with Crippen LogP contribution in [-0.2, 0) is 0 Å². The molecule has 0 aliphatic carbocycles. The van der Waals surface area contributed by atoms with Gasteiger partial charge < -0.3 is 5.32 Å². The van der Waals surface area contributed by atoms with Gasteiger partial charge in [0.15, 0.2) is 0 Å². The molecule has 0 aromatic rings. The first-order chi connectivity index (χ1) is 5.24. The molecule has 0 radical (unpaired) electrons. The van der Waals surface area contributed by atoms with Crippen LogP contribution in [0.5, 0.6) is 0 Å². The summed E-state index contributed by atoms with van der Waals surface area (Å²) >= 11 is 0. The smallest absolute Gasteiger partial charge is 0.00634 e. The second kappa shape index (κ2) is 6.26. The number of hydrogen-bond acceptors (Lipinski definition) is 1. The van der Waals surface area contributed by atoms with Crippen molar-refractivity contribution in [2.24, 2.45) is 5.92 Å². The van der Waals surface area contributed by atoms with Gasteiger partial charge >= 0.3 is 0 Å². The van der Waals surface area contributed by atoms with Crippen LogP contribution in [0.15, 0.2) is 11.8 Å². The van der Waals surface area contributed by atoms with Gasteiger partial charge in [0.05, 0.1) is 0 Å². The largest absolute Gasteiger partial charge is 0.392 e. The Morgan fingerprint density at radius 1 is 1.45 bits per heavy atom. The highest BCUT2D eigenvalue weighted by molar-refractivity contribution is 4.99. The maximum absolute atomic E-state index is 3.20. The minimum atomic E-state index is 0.724. The Morgan fingerprint density at radius 2 is 2.09 bits per heavy atom. The third-order valence-electron chi connectivity index (χ3n) is 1.93. The van der Waals surface area contributed by atoms with Crippen LogP contribution < -0.4 is 5.32 Å². The summed E-state index contributed by atoms with van der Waals surface area (Å²) in [4.78, 5) is 0. The molecule has 0 aromatic carbocycles. The molecule has 0 amide bonds. The van der Waals surface area contributed by atoms with E-state index in [4.69, 9.17) is 0 Å². The van der Waals surface area contributed by atoms with E-state index in [-0.39, 0.29) is 0 Å². The third kappa shape index (κ3) is 4.88. The van der Waals surface area contributed by atoms with Crippen LogP contribution in [0.3, 0.4) is 0 Å². The summed E-state index contributed by atoms with van der Waals surface area (Å²) in [5.41, 5.74) is 1.37. The van der Waals surface area contributed by atoms with E-state index in [0.29, 0.717) is 0 Å². The SMILES string of the molecule is CCCC(C)/C=C(/CC)NC. The van der Waals surface area contributed by atoms with E-state index in [0.717, 1.165) is 12.3 Å². The third-order valence-corrected chi connectivity index (χ3v) is 1.93. The van der Waals surface area contributed by atoms with Crippen LogP contribution in [0.4, 0.5) is 0 Å². The highest BCUT2D eigenvalue weighted by Gasteiger charge is 1.97. The zero-order valence-electron chi connectivity index (χ0n) is 8.28. The predicted octanol–water partition coefficient (Wildman–Crippen LogP) is 2.94. The fourth-order valence-corrected chi connectivity index (χ4v) is 1.26. The van der Waals surface area contributed by atoms with Crippen molar-refractivity contribution < 1.29 is 0 Å². The first kappa shape index (κ1) is 10.5.